The number of methoxy groups -OCH3 is 1. The minimum atomic E-state index is -0.656. The summed E-state index contributed by atoms with van der Waals surface area (Å²) in [4.78, 5) is 12.5. The Morgan fingerprint density at radius 3 is 2.32 bits per heavy atom. The number of hydrogen-bond acceptors (Lipinski definition) is 3. The van der Waals surface area contributed by atoms with Gasteiger partial charge in [0.05, 0.1) is 11.0 Å². The van der Waals surface area contributed by atoms with Crippen molar-refractivity contribution in [2.24, 2.45) is 11.7 Å². The highest BCUT2D eigenvalue weighted by atomic mass is 32.1. The van der Waals surface area contributed by atoms with Crippen LogP contribution in [0.5, 0.6) is 0 Å². The van der Waals surface area contributed by atoms with E-state index in [-0.39, 0.29) is 22.9 Å². The number of carbonyl (C=O) groups is 1. The van der Waals surface area contributed by atoms with Crippen LogP contribution in [0.1, 0.15) is 25.5 Å². The van der Waals surface area contributed by atoms with E-state index in [4.69, 9.17) is 22.7 Å². The van der Waals surface area contributed by atoms with Gasteiger partial charge in [-0.05, 0) is 11.5 Å². The Hall–Kier alpha value is -1.46. The molecule has 1 rings (SSSR count). The summed E-state index contributed by atoms with van der Waals surface area (Å²) in [6, 6.07) is 8.98. The molecule has 0 aromatic heterocycles. The highest BCUT2D eigenvalue weighted by Gasteiger charge is 2.25. The molecule has 1 amide bonds. The summed E-state index contributed by atoms with van der Waals surface area (Å²) in [6.07, 6.45) is -0.656. The van der Waals surface area contributed by atoms with Gasteiger partial charge in [-0.25, -0.2) is 0 Å². The van der Waals surface area contributed by atoms with Crippen molar-refractivity contribution in [1.29, 1.82) is 0 Å². The number of thiocarbonyl (C=S) groups is 1. The van der Waals surface area contributed by atoms with Crippen molar-refractivity contribution < 1.29 is 9.53 Å². The Morgan fingerprint density at radius 1 is 1.32 bits per heavy atom. The van der Waals surface area contributed by atoms with Crippen LogP contribution in [0.25, 0.3) is 0 Å². The SMILES string of the molecule is COC(C(=O)NC(C(N)=S)C(C)C)c1ccccc1. The number of rotatable bonds is 6. The van der Waals surface area contributed by atoms with Gasteiger partial charge in [-0.15, -0.1) is 0 Å². The van der Waals surface area contributed by atoms with E-state index in [0.717, 1.165) is 5.56 Å². The Morgan fingerprint density at radius 2 is 1.89 bits per heavy atom. The van der Waals surface area contributed by atoms with E-state index in [9.17, 15) is 4.79 Å². The molecule has 2 unspecified atom stereocenters. The average molecular weight is 280 g/mol. The minimum Gasteiger partial charge on any atom is -0.392 e. The maximum atomic E-state index is 12.2. The number of nitrogens with two attached hydrogens (primary N) is 1. The third-order valence-electron chi connectivity index (χ3n) is 2.85. The first kappa shape index (κ1) is 15.6. The zero-order valence-corrected chi connectivity index (χ0v) is 12.2. The molecule has 0 spiro atoms. The highest BCUT2D eigenvalue weighted by molar-refractivity contribution is 7.80. The van der Waals surface area contributed by atoms with Gasteiger partial charge >= 0.3 is 0 Å². The summed E-state index contributed by atoms with van der Waals surface area (Å²) in [7, 11) is 1.50. The minimum absolute atomic E-state index is 0.134. The Labute approximate surface area is 119 Å². The van der Waals surface area contributed by atoms with Gasteiger partial charge in [-0.2, -0.15) is 0 Å². The fourth-order valence-electron chi connectivity index (χ4n) is 1.82. The summed E-state index contributed by atoms with van der Waals surface area (Å²) >= 11 is 4.97. The van der Waals surface area contributed by atoms with Crippen LogP contribution in [0.2, 0.25) is 0 Å². The third-order valence-corrected chi connectivity index (χ3v) is 3.10. The molecule has 4 nitrogen and oxygen atoms in total. The van der Waals surface area contributed by atoms with Crippen LogP contribution in [-0.4, -0.2) is 24.0 Å². The lowest BCUT2D eigenvalue weighted by atomic mass is 10.0. The molecule has 3 N–H and O–H groups in total. The Balaban J connectivity index is 2.83. The molecule has 0 aliphatic rings. The average Bonchev–Trinajstić information content (AvgIpc) is 2.37. The van der Waals surface area contributed by atoms with Crippen molar-refractivity contribution in [3.63, 3.8) is 0 Å². The molecular formula is C14H20N2O2S. The number of amides is 1. The predicted molar refractivity (Wildman–Crippen MR) is 79.7 cm³/mol. The molecular weight excluding hydrogens is 260 g/mol. The van der Waals surface area contributed by atoms with E-state index in [1.165, 1.54) is 7.11 Å². The maximum absolute atomic E-state index is 12.2. The number of carbonyl (C=O) groups excluding carboxylic acids is 1. The van der Waals surface area contributed by atoms with Crippen LogP contribution in [0.4, 0.5) is 0 Å². The van der Waals surface area contributed by atoms with E-state index >= 15 is 0 Å². The van der Waals surface area contributed by atoms with E-state index in [1.54, 1.807) is 0 Å². The molecule has 0 heterocycles. The lowest BCUT2D eigenvalue weighted by molar-refractivity contribution is -0.132. The van der Waals surface area contributed by atoms with Gasteiger partial charge in [0.15, 0.2) is 6.10 Å². The maximum Gasteiger partial charge on any atom is 0.254 e. The van der Waals surface area contributed by atoms with Crippen LogP contribution in [-0.2, 0) is 9.53 Å². The molecule has 0 radical (unpaired) electrons. The lowest BCUT2D eigenvalue weighted by Gasteiger charge is -2.24. The van der Waals surface area contributed by atoms with Crippen LogP contribution >= 0.6 is 12.2 Å². The molecule has 0 aliphatic carbocycles. The molecule has 0 bridgehead atoms. The topological polar surface area (TPSA) is 64.3 Å². The van der Waals surface area contributed by atoms with Crippen molar-refractivity contribution in [1.82, 2.24) is 5.32 Å². The molecule has 0 saturated carbocycles. The second-order valence-electron chi connectivity index (χ2n) is 4.66. The van der Waals surface area contributed by atoms with Gasteiger partial charge in [-0.1, -0.05) is 56.4 Å². The first-order valence-corrected chi connectivity index (χ1v) is 6.55. The van der Waals surface area contributed by atoms with E-state index < -0.39 is 6.10 Å². The fourth-order valence-corrected chi connectivity index (χ4v) is 2.15. The highest BCUT2D eigenvalue weighted by Crippen LogP contribution is 2.17. The summed E-state index contributed by atoms with van der Waals surface area (Å²) in [5.74, 6) is -0.102. The van der Waals surface area contributed by atoms with E-state index in [1.807, 2.05) is 44.2 Å². The number of hydrogen-bond donors (Lipinski definition) is 2. The van der Waals surface area contributed by atoms with Gasteiger partial charge < -0.3 is 15.8 Å². The van der Waals surface area contributed by atoms with Crippen molar-refractivity contribution in [3.8, 4) is 0 Å². The molecule has 5 heteroatoms. The Kier molecular flexibility index (Phi) is 5.92. The van der Waals surface area contributed by atoms with Gasteiger partial charge in [0.25, 0.3) is 5.91 Å². The first-order chi connectivity index (χ1) is 8.97. The quantitative estimate of drug-likeness (QED) is 0.780. The lowest BCUT2D eigenvalue weighted by Crippen LogP contribution is -2.48. The molecule has 104 valence electrons. The third kappa shape index (κ3) is 4.29. The standard InChI is InChI=1S/C14H20N2O2S/c1-9(2)11(13(15)19)16-14(17)12(18-3)10-7-5-4-6-8-10/h4-9,11-12H,1-3H3,(H2,15,19)(H,16,17). The van der Waals surface area contributed by atoms with Gasteiger partial charge in [0.1, 0.15) is 0 Å². The van der Waals surface area contributed by atoms with Crippen LogP contribution < -0.4 is 11.1 Å². The van der Waals surface area contributed by atoms with Gasteiger partial charge in [0.2, 0.25) is 0 Å². The summed E-state index contributed by atoms with van der Waals surface area (Å²) in [6.45, 7) is 3.91. The summed E-state index contributed by atoms with van der Waals surface area (Å²) in [5.41, 5.74) is 6.44. The van der Waals surface area contributed by atoms with Crippen molar-refractivity contribution in [3.05, 3.63) is 35.9 Å². The van der Waals surface area contributed by atoms with Crippen molar-refractivity contribution in [2.75, 3.05) is 7.11 Å². The second-order valence-corrected chi connectivity index (χ2v) is 5.13. The molecule has 1 aromatic rings. The van der Waals surface area contributed by atoms with Crippen molar-refractivity contribution in [2.45, 2.75) is 26.0 Å². The Bertz CT molecular complexity index is 434. The normalized spacial score (nSPS) is 13.9. The number of ether oxygens (including phenoxy) is 1. The zero-order valence-electron chi connectivity index (χ0n) is 11.4. The van der Waals surface area contributed by atoms with Crippen molar-refractivity contribution >= 4 is 23.1 Å². The van der Waals surface area contributed by atoms with E-state index in [2.05, 4.69) is 5.32 Å². The van der Waals surface area contributed by atoms with Crippen LogP contribution in [0, 0.1) is 5.92 Å². The largest absolute Gasteiger partial charge is 0.392 e. The monoisotopic (exact) mass is 280 g/mol. The molecule has 1 aromatic carbocycles. The summed E-state index contributed by atoms with van der Waals surface area (Å²) < 4.78 is 5.26. The van der Waals surface area contributed by atoms with Gasteiger partial charge in [-0.3, -0.25) is 4.79 Å². The molecule has 19 heavy (non-hydrogen) atoms. The van der Waals surface area contributed by atoms with E-state index in [0.29, 0.717) is 0 Å². The predicted octanol–water partition coefficient (Wildman–Crippen LogP) is 1.80. The number of benzene rings is 1. The first-order valence-electron chi connectivity index (χ1n) is 6.14. The fraction of sp³-hybridized carbons (Fsp3) is 0.429. The smallest absolute Gasteiger partial charge is 0.254 e. The molecule has 0 fully saturated rings. The molecule has 2 atom stereocenters. The zero-order chi connectivity index (χ0) is 14.4. The number of nitrogens with one attached hydrogen (secondary N) is 1. The van der Waals surface area contributed by atoms with Crippen LogP contribution in [0.3, 0.4) is 0 Å². The van der Waals surface area contributed by atoms with Gasteiger partial charge in [0, 0.05) is 7.11 Å². The molecule has 0 saturated heterocycles. The van der Waals surface area contributed by atoms with Crippen LogP contribution in [0.15, 0.2) is 30.3 Å². The second kappa shape index (κ2) is 7.21. The molecule has 0 aliphatic heterocycles. The summed E-state index contributed by atoms with van der Waals surface area (Å²) in [5, 5.41) is 2.84.